The Labute approximate surface area is 152 Å². The molecule has 8 heteroatoms. The predicted molar refractivity (Wildman–Crippen MR) is 94.3 cm³/mol. The first-order valence-corrected chi connectivity index (χ1v) is 8.55. The summed E-state index contributed by atoms with van der Waals surface area (Å²) in [5.41, 5.74) is 1.09. The van der Waals surface area contributed by atoms with Crippen molar-refractivity contribution in [3.8, 4) is 0 Å². The second-order valence-corrected chi connectivity index (χ2v) is 6.44. The second kappa shape index (κ2) is 7.52. The van der Waals surface area contributed by atoms with Gasteiger partial charge in [0.1, 0.15) is 0 Å². The number of rotatable bonds is 6. The lowest BCUT2D eigenvalue weighted by atomic mass is 10.2. The summed E-state index contributed by atoms with van der Waals surface area (Å²) in [7, 11) is 0. The first-order chi connectivity index (χ1) is 12.0. The van der Waals surface area contributed by atoms with Gasteiger partial charge in [0.15, 0.2) is 10.4 Å². The van der Waals surface area contributed by atoms with Gasteiger partial charge in [-0.3, -0.25) is 14.4 Å². The van der Waals surface area contributed by atoms with E-state index in [9.17, 15) is 14.4 Å². The van der Waals surface area contributed by atoms with Crippen LogP contribution in [0, 0.1) is 0 Å². The van der Waals surface area contributed by atoms with Crippen LogP contribution in [0.4, 0.5) is 5.69 Å². The fourth-order valence-electron chi connectivity index (χ4n) is 2.09. The van der Waals surface area contributed by atoms with Crippen LogP contribution in [0.2, 0.25) is 0 Å². The molecule has 7 nitrogen and oxygen atoms in total. The number of anilines is 1. The summed E-state index contributed by atoms with van der Waals surface area (Å²) in [4.78, 5) is 35.5. The van der Waals surface area contributed by atoms with Crippen molar-refractivity contribution in [2.24, 2.45) is 0 Å². The minimum absolute atomic E-state index is 0.114. The zero-order valence-corrected chi connectivity index (χ0v) is 14.8. The Bertz CT molecular complexity index is 796. The lowest BCUT2D eigenvalue weighted by Crippen LogP contribution is -2.32. The molecular formula is C17H16BrN3O4. The van der Waals surface area contributed by atoms with E-state index in [0.29, 0.717) is 22.0 Å². The molecule has 0 spiro atoms. The number of nitrogens with one attached hydrogen (secondary N) is 3. The van der Waals surface area contributed by atoms with Crippen molar-refractivity contribution in [2.75, 3.05) is 11.9 Å². The molecule has 1 saturated carbocycles. The summed E-state index contributed by atoms with van der Waals surface area (Å²) >= 11 is 3.10. The standard InChI is InChI=1S/C17H16BrN3O4/c18-14-8-7-13(25-14)17(24)19-9-15(22)20-11-3-1-10(2-4-11)16(23)21-12-5-6-12/h1-4,7-8,12H,5-6,9H2,(H,19,24)(H,20,22)(H,21,23). The van der Waals surface area contributed by atoms with E-state index < -0.39 is 5.91 Å². The van der Waals surface area contributed by atoms with Crippen LogP contribution in [-0.2, 0) is 4.79 Å². The van der Waals surface area contributed by atoms with Crippen LogP contribution in [0.1, 0.15) is 33.8 Å². The third-order valence-corrected chi connectivity index (χ3v) is 3.98. The molecule has 1 aliphatic carbocycles. The molecule has 3 rings (SSSR count). The van der Waals surface area contributed by atoms with Gasteiger partial charge < -0.3 is 20.4 Å². The SMILES string of the molecule is O=C(CNC(=O)c1ccc(Br)o1)Nc1ccc(C(=O)NC2CC2)cc1. The van der Waals surface area contributed by atoms with Gasteiger partial charge in [0.25, 0.3) is 11.8 Å². The van der Waals surface area contributed by atoms with Crippen LogP contribution in [0.15, 0.2) is 45.5 Å². The Morgan fingerprint density at radius 3 is 2.36 bits per heavy atom. The molecule has 1 aromatic carbocycles. The molecule has 130 valence electrons. The predicted octanol–water partition coefficient (Wildman–Crippen LogP) is 2.30. The van der Waals surface area contributed by atoms with Crippen molar-refractivity contribution >= 4 is 39.3 Å². The van der Waals surface area contributed by atoms with E-state index in [1.807, 2.05) is 0 Å². The van der Waals surface area contributed by atoms with Crippen molar-refractivity contribution in [3.05, 3.63) is 52.4 Å². The summed E-state index contributed by atoms with van der Waals surface area (Å²) < 4.78 is 5.54. The molecule has 1 aromatic heterocycles. The fourth-order valence-corrected chi connectivity index (χ4v) is 2.40. The first-order valence-electron chi connectivity index (χ1n) is 7.75. The largest absolute Gasteiger partial charge is 0.444 e. The van der Waals surface area contributed by atoms with Crippen LogP contribution in [0.25, 0.3) is 0 Å². The topological polar surface area (TPSA) is 100 Å². The molecule has 0 saturated heterocycles. The van der Waals surface area contributed by atoms with E-state index in [4.69, 9.17) is 4.42 Å². The molecule has 25 heavy (non-hydrogen) atoms. The number of hydrogen-bond donors (Lipinski definition) is 3. The number of hydrogen-bond acceptors (Lipinski definition) is 4. The van der Waals surface area contributed by atoms with Crippen molar-refractivity contribution in [2.45, 2.75) is 18.9 Å². The number of halogens is 1. The van der Waals surface area contributed by atoms with E-state index in [-0.39, 0.29) is 24.1 Å². The van der Waals surface area contributed by atoms with Crippen molar-refractivity contribution in [1.29, 1.82) is 0 Å². The highest BCUT2D eigenvalue weighted by atomic mass is 79.9. The summed E-state index contributed by atoms with van der Waals surface area (Å²) in [5.74, 6) is -0.856. The van der Waals surface area contributed by atoms with Gasteiger partial charge in [-0.05, 0) is 65.2 Å². The third-order valence-electron chi connectivity index (χ3n) is 3.55. The fraction of sp³-hybridized carbons (Fsp3) is 0.235. The number of benzene rings is 1. The molecule has 3 N–H and O–H groups in total. The average molecular weight is 406 g/mol. The van der Waals surface area contributed by atoms with Gasteiger partial charge in [-0.25, -0.2) is 0 Å². The normalized spacial score (nSPS) is 13.2. The van der Waals surface area contributed by atoms with Crippen LogP contribution >= 0.6 is 15.9 Å². The monoisotopic (exact) mass is 405 g/mol. The van der Waals surface area contributed by atoms with Crippen LogP contribution in [0.5, 0.6) is 0 Å². The number of carbonyl (C=O) groups is 3. The molecule has 0 atom stereocenters. The summed E-state index contributed by atoms with van der Waals surface area (Å²) in [6.07, 6.45) is 2.06. The number of furan rings is 1. The van der Waals surface area contributed by atoms with Crippen molar-refractivity contribution in [3.63, 3.8) is 0 Å². The van der Waals surface area contributed by atoms with Crippen molar-refractivity contribution in [1.82, 2.24) is 10.6 Å². The smallest absolute Gasteiger partial charge is 0.287 e. The molecule has 3 amide bonds. The highest BCUT2D eigenvalue weighted by Crippen LogP contribution is 2.19. The third kappa shape index (κ3) is 4.93. The van der Waals surface area contributed by atoms with Crippen LogP contribution in [0.3, 0.4) is 0 Å². The molecule has 0 radical (unpaired) electrons. The lowest BCUT2D eigenvalue weighted by Gasteiger charge is -2.07. The maximum Gasteiger partial charge on any atom is 0.287 e. The second-order valence-electron chi connectivity index (χ2n) is 5.66. The first kappa shape index (κ1) is 17.2. The van der Waals surface area contributed by atoms with E-state index in [2.05, 4.69) is 31.9 Å². The minimum Gasteiger partial charge on any atom is -0.444 e. The molecule has 1 fully saturated rings. The summed E-state index contributed by atoms with van der Waals surface area (Å²) in [6, 6.07) is 9.97. The summed E-state index contributed by atoms with van der Waals surface area (Å²) in [5, 5.41) is 8.00. The Balaban J connectivity index is 1.47. The highest BCUT2D eigenvalue weighted by Gasteiger charge is 2.23. The Hall–Kier alpha value is -2.61. The van der Waals surface area contributed by atoms with E-state index in [1.54, 1.807) is 30.3 Å². The van der Waals surface area contributed by atoms with Gasteiger partial charge >= 0.3 is 0 Å². The Morgan fingerprint density at radius 1 is 1.04 bits per heavy atom. The van der Waals surface area contributed by atoms with Gasteiger partial charge in [-0.2, -0.15) is 0 Å². The highest BCUT2D eigenvalue weighted by molar-refractivity contribution is 9.10. The molecule has 0 aliphatic heterocycles. The van der Waals surface area contributed by atoms with Gasteiger partial charge in [-0.1, -0.05) is 0 Å². The Kier molecular flexibility index (Phi) is 5.18. The van der Waals surface area contributed by atoms with Crippen LogP contribution in [-0.4, -0.2) is 30.3 Å². The lowest BCUT2D eigenvalue weighted by molar-refractivity contribution is -0.115. The number of carbonyl (C=O) groups excluding carboxylic acids is 3. The van der Waals surface area contributed by atoms with E-state index >= 15 is 0 Å². The molecular weight excluding hydrogens is 390 g/mol. The van der Waals surface area contributed by atoms with Crippen molar-refractivity contribution < 1.29 is 18.8 Å². The van der Waals surface area contributed by atoms with Gasteiger partial charge in [0.05, 0.1) is 6.54 Å². The van der Waals surface area contributed by atoms with E-state index in [0.717, 1.165) is 12.8 Å². The van der Waals surface area contributed by atoms with Gasteiger partial charge in [0.2, 0.25) is 5.91 Å². The molecule has 0 bridgehead atoms. The zero-order chi connectivity index (χ0) is 17.8. The minimum atomic E-state index is -0.479. The summed E-state index contributed by atoms with van der Waals surface area (Å²) in [6.45, 7) is -0.193. The molecule has 1 aliphatic rings. The average Bonchev–Trinajstić information content (AvgIpc) is 3.30. The zero-order valence-electron chi connectivity index (χ0n) is 13.2. The van der Waals surface area contributed by atoms with Gasteiger partial charge in [-0.15, -0.1) is 0 Å². The van der Waals surface area contributed by atoms with E-state index in [1.165, 1.54) is 6.07 Å². The molecule has 2 aromatic rings. The maximum absolute atomic E-state index is 11.9. The van der Waals surface area contributed by atoms with Gasteiger partial charge in [0, 0.05) is 17.3 Å². The number of amides is 3. The molecule has 0 unspecified atom stereocenters. The Morgan fingerprint density at radius 2 is 1.76 bits per heavy atom. The quantitative estimate of drug-likeness (QED) is 0.686. The molecule has 1 heterocycles. The maximum atomic E-state index is 11.9. The van der Waals surface area contributed by atoms with Crippen LogP contribution < -0.4 is 16.0 Å².